The molecule has 11 heteroatoms. The number of aromatic nitrogens is 4. The third kappa shape index (κ3) is 8.31. The van der Waals surface area contributed by atoms with Gasteiger partial charge in [-0.3, -0.25) is 5.10 Å². The number of anilines is 2. The molecule has 1 aliphatic rings. The van der Waals surface area contributed by atoms with E-state index in [1.54, 1.807) is 44.7 Å². The summed E-state index contributed by atoms with van der Waals surface area (Å²) in [6.45, 7) is 6.06. The lowest BCUT2D eigenvalue weighted by atomic mass is 10.4. The Balaban J connectivity index is 0.000000220. The van der Waals surface area contributed by atoms with Crippen molar-refractivity contribution in [3.8, 4) is 0 Å². The van der Waals surface area contributed by atoms with Crippen LogP contribution in [0.5, 0.6) is 0 Å². The second-order valence-corrected chi connectivity index (χ2v) is 7.65. The van der Waals surface area contributed by atoms with Crippen LogP contribution >= 0.6 is 11.3 Å². The molecule has 1 amide bonds. The summed E-state index contributed by atoms with van der Waals surface area (Å²) in [7, 11) is 1.66. The van der Waals surface area contributed by atoms with Crippen LogP contribution in [-0.2, 0) is 16.1 Å². The first-order valence-corrected chi connectivity index (χ1v) is 10.4. The number of thiazole rings is 1. The van der Waals surface area contributed by atoms with E-state index in [9.17, 15) is 4.79 Å². The highest BCUT2D eigenvalue weighted by molar-refractivity contribution is 7.19. The van der Waals surface area contributed by atoms with Gasteiger partial charge in [-0.25, -0.2) is 14.8 Å². The monoisotopic (exact) mass is 436 g/mol. The number of rotatable bonds is 5. The van der Waals surface area contributed by atoms with E-state index >= 15 is 0 Å². The quantitative estimate of drug-likeness (QED) is 0.475. The third-order valence-electron chi connectivity index (χ3n) is 3.61. The van der Waals surface area contributed by atoms with E-state index < -0.39 is 6.09 Å². The molecule has 0 aromatic carbocycles. The van der Waals surface area contributed by atoms with Gasteiger partial charge in [0.2, 0.25) is 0 Å². The van der Waals surface area contributed by atoms with Crippen LogP contribution in [0.1, 0.15) is 31.7 Å². The number of H-pyrrole nitrogens is 1. The molecular formula is C19H28N6O4S. The number of aromatic amines is 1. The predicted octanol–water partition coefficient (Wildman–Crippen LogP) is 3.76. The Morgan fingerprint density at radius 2 is 2.10 bits per heavy atom. The molecule has 4 N–H and O–H groups in total. The van der Waals surface area contributed by atoms with Crippen molar-refractivity contribution in [2.24, 2.45) is 0 Å². The normalized spacial score (nSPS) is 12.7. The molecule has 30 heavy (non-hydrogen) atoms. The number of amides is 1. The average molecular weight is 437 g/mol. The van der Waals surface area contributed by atoms with E-state index in [4.69, 9.17) is 14.6 Å². The summed E-state index contributed by atoms with van der Waals surface area (Å²) in [6, 6.07) is 3.76. The predicted molar refractivity (Wildman–Crippen MR) is 116 cm³/mol. The van der Waals surface area contributed by atoms with Gasteiger partial charge in [-0.1, -0.05) is 0 Å². The highest BCUT2D eigenvalue weighted by Crippen LogP contribution is 2.29. The van der Waals surface area contributed by atoms with Crippen molar-refractivity contribution in [1.82, 2.24) is 25.5 Å². The van der Waals surface area contributed by atoms with Gasteiger partial charge in [-0.2, -0.15) is 5.10 Å². The van der Waals surface area contributed by atoms with Gasteiger partial charge in [0.15, 0.2) is 5.82 Å². The van der Waals surface area contributed by atoms with Crippen LogP contribution in [0.25, 0.3) is 10.2 Å². The zero-order valence-corrected chi connectivity index (χ0v) is 18.2. The smallest absolute Gasteiger partial charge is 0.404 e. The number of hydrogen-bond donors (Lipinski definition) is 4. The molecule has 0 atom stereocenters. The van der Waals surface area contributed by atoms with Crippen LogP contribution in [0.4, 0.5) is 16.4 Å². The highest BCUT2D eigenvalue weighted by atomic mass is 32.1. The van der Waals surface area contributed by atoms with Gasteiger partial charge in [0.1, 0.15) is 10.8 Å². The topological polar surface area (TPSA) is 134 Å². The van der Waals surface area contributed by atoms with E-state index in [0.717, 1.165) is 40.1 Å². The molecule has 4 rings (SSSR count). The van der Waals surface area contributed by atoms with Crippen LogP contribution < -0.4 is 10.6 Å². The number of nitrogens with zero attached hydrogens (tertiary/aromatic N) is 3. The van der Waals surface area contributed by atoms with E-state index in [2.05, 4.69) is 30.8 Å². The molecule has 0 unspecified atom stereocenters. The SMILES string of the molecule is C1CCOC1.CC(C)NC(=O)O.COCc1nc2ccnc(Nc3ccn[nH]3)c2s1. The number of fused-ring (bicyclic) bond motifs is 1. The van der Waals surface area contributed by atoms with Crippen molar-refractivity contribution >= 4 is 39.3 Å². The molecule has 3 aromatic rings. The Bertz CT molecular complexity index is 873. The van der Waals surface area contributed by atoms with Crippen molar-refractivity contribution in [3.05, 3.63) is 29.5 Å². The fraction of sp³-hybridized carbons (Fsp3) is 0.474. The number of pyridine rings is 1. The van der Waals surface area contributed by atoms with E-state index in [1.807, 2.05) is 12.1 Å². The molecule has 0 saturated carbocycles. The molecule has 1 fully saturated rings. The van der Waals surface area contributed by atoms with Crippen LogP contribution in [-0.4, -0.2) is 57.7 Å². The molecule has 164 valence electrons. The Morgan fingerprint density at radius 1 is 1.33 bits per heavy atom. The fourth-order valence-corrected chi connectivity index (χ4v) is 3.36. The van der Waals surface area contributed by atoms with Gasteiger partial charge >= 0.3 is 6.09 Å². The molecule has 4 heterocycles. The van der Waals surface area contributed by atoms with Gasteiger partial charge in [-0.05, 0) is 32.8 Å². The first-order chi connectivity index (χ1) is 14.5. The molecular weight excluding hydrogens is 408 g/mol. The van der Waals surface area contributed by atoms with E-state index in [1.165, 1.54) is 12.8 Å². The van der Waals surface area contributed by atoms with E-state index in [0.29, 0.717) is 6.61 Å². The summed E-state index contributed by atoms with van der Waals surface area (Å²) in [5.74, 6) is 1.58. The van der Waals surface area contributed by atoms with Crippen LogP contribution in [0.3, 0.4) is 0 Å². The maximum atomic E-state index is 9.70. The minimum Gasteiger partial charge on any atom is -0.465 e. The first kappa shape index (κ1) is 23.5. The Hall–Kier alpha value is -2.76. The molecule has 1 aliphatic heterocycles. The largest absolute Gasteiger partial charge is 0.465 e. The lowest BCUT2D eigenvalue weighted by molar-refractivity contribution is 0.184. The minimum atomic E-state index is -0.963. The van der Waals surface area contributed by atoms with Gasteiger partial charge in [0.05, 0.1) is 23.0 Å². The molecule has 0 radical (unpaired) electrons. The molecule has 10 nitrogen and oxygen atoms in total. The number of ether oxygens (including phenoxy) is 2. The molecule has 3 aromatic heterocycles. The Kier molecular flexibility index (Phi) is 9.98. The first-order valence-electron chi connectivity index (χ1n) is 9.56. The minimum absolute atomic E-state index is 0.0255. The summed E-state index contributed by atoms with van der Waals surface area (Å²) in [5.41, 5.74) is 0.920. The second kappa shape index (κ2) is 12.7. The van der Waals surface area contributed by atoms with Crippen molar-refractivity contribution in [2.45, 2.75) is 39.3 Å². The standard InChI is InChI=1S/C11H11N5OS.C4H9NO2.C4H8O/c1-17-6-9-14-7-2-4-12-11(10(7)18-9)15-8-3-5-13-16-8;1-3(2)5-4(6)7;1-2-4-5-3-1/h2-5H,6H2,1H3,(H2,12,13,15,16);3,5H,1-2H3,(H,6,7);1-4H2. The van der Waals surface area contributed by atoms with Gasteiger partial charge in [0.25, 0.3) is 0 Å². The number of nitrogens with one attached hydrogen (secondary N) is 3. The maximum Gasteiger partial charge on any atom is 0.404 e. The number of carboxylic acid groups (broad SMARTS) is 1. The van der Waals surface area contributed by atoms with E-state index in [-0.39, 0.29) is 6.04 Å². The summed E-state index contributed by atoms with van der Waals surface area (Å²) in [6.07, 6.45) is 5.01. The third-order valence-corrected chi connectivity index (χ3v) is 4.66. The van der Waals surface area contributed by atoms with Crippen molar-refractivity contribution in [1.29, 1.82) is 0 Å². The highest BCUT2D eigenvalue weighted by Gasteiger charge is 2.09. The Morgan fingerprint density at radius 3 is 2.60 bits per heavy atom. The van der Waals surface area contributed by atoms with Crippen LogP contribution in [0.2, 0.25) is 0 Å². The lowest BCUT2D eigenvalue weighted by Gasteiger charge is -2.02. The fourth-order valence-electron chi connectivity index (χ4n) is 2.39. The summed E-state index contributed by atoms with van der Waals surface area (Å²) in [5, 5.41) is 21.0. The summed E-state index contributed by atoms with van der Waals surface area (Å²) < 4.78 is 11.1. The zero-order valence-electron chi connectivity index (χ0n) is 17.3. The van der Waals surface area contributed by atoms with Crippen molar-refractivity contribution in [3.63, 3.8) is 0 Å². The van der Waals surface area contributed by atoms with Gasteiger partial charge < -0.3 is 25.2 Å². The Labute approximate surface area is 179 Å². The number of methoxy groups -OCH3 is 1. The molecule has 0 aliphatic carbocycles. The van der Waals surface area contributed by atoms with Crippen molar-refractivity contribution < 1.29 is 19.4 Å². The average Bonchev–Trinajstić information content (AvgIpc) is 3.45. The second-order valence-electron chi connectivity index (χ2n) is 6.57. The van der Waals surface area contributed by atoms with Crippen LogP contribution in [0, 0.1) is 0 Å². The van der Waals surface area contributed by atoms with Gasteiger partial charge in [0, 0.05) is 38.6 Å². The number of hydrogen-bond acceptors (Lipinski definition) is 8. The van der Waals surface area contributed by atoms with Crippen molar-refractivity contribution in [2.75, 3.05) is 25.6 Å². The summed E-state index contributed by atoms with van der Waals surface area (Å²) >= 11 is 1.57. The van der Waals surface area contributed by atoms with Gasteiger partial charge in [-0.15, -0.1) is 11.3 Å². The zero-order chi connectivity index (χ0) is 21.8. The molecule has 0 bridgehead atoms. The maximum absolute atomic E-state index is 9.70. The lowest BCUT2D eigenvalue weighted by Crippen LogP contribution is -2.27. The van der Waals surface area contributed by atoms with Crippen LogP contribution in [0.15, 0.2) is 24.5 Å². The molecule has 1 saturated heterocycles. The summed E-state index contributed by atoms with van der Waals surface area (Å²) in [4.78, 5) is 18.5. The number of carbonyl (C=O) groups is 1. The molecule has 0 spiro atoms.